The van der Waals surface area contributed by atoms with Crippen molar-refractivity contribution in [2.24, 2.45) is 0 Å². The SMILES string of the molecule is O=C(CNC(=O)c1ccc(F)cc1F)NCC1CN(Cc2ccccc2)CCO1. The second-order valence-electron chi connectivity index (χ2n) is 6.82. The van der Waals surface area contributed by atoms with Crippen molar-refractivity contribution in [2.45, 2.75) is 12.6 Å². The van der Waals surface area contributed by atoms with E-state index in [4.69, 9.17) is 4.74 Å². The average Bonchev–Trinajstić information content (AvgIpc) is 2.71. The predicted octanol–water partition coefficient (Wildman–Crippen LogP) is 1.71. The fourth-order valence-electron chi connectivity index (χ4n) is 3.11. The first-order valence-corrected chi connectivity index (χ1v) is 9.39. The zero-order valence-corrected chi connectivity index (χ0v) is 15.9. The van der Waals surface area contributed by atoms with Crippen LogP contribution in [0.2, 0.25) is 0 Å². The summed E-state index contributed by atoms with van der Waals surface area (Å²) in [7, 11) is 0. The van der Waals surface area contributed by atoms with Gasteiger partial charge < -0.3 is 15.4 Å². The van der Waals surface area contributed by atoms with Crippen LogP contribution in [-0.2, 0) is 16.1 Å². The van der Waals surface area contributed by atoms with Crippen LogP contribution in [0.1, 0.15) is 15.9 Å². The second kappa shape index (κ2) is 10.1. The van der Waals surface area contributed by atoms with Crippen molar-refractivity contribution in [3.63, 3.8) is 0 Å². The highest BCUT2D eigenvalue weighted by molar-refractivity contribution is 5.96. The first kappa shape index (κ1) is 20.9. The molecule has 2 amide bonds. The zero-order chi connectivity index (χ0) is 20.6. The maximum atomic E-state index is 13.6. The van der Waals surface area contributed by atoms with Crippen molar-refractivity contribution in [1.29, 1.82) is 0 Å². The first-order valence-electron chi connectivity index (χ1n) is 9.39. The lowest BCUT2D eigenvalue weighted by Crippen LogP contribution is -2.48. The van der Waals surface area contributed by atoms with Crippen LogP contribution < -0.4 is 10.6 Å². The molecule has 3 rings (SSSR count). The number of nitrogens with zero attached hydrogens (tertiary/aromatic N) is 1. The number of ether oxygens (including phenoxy) is 1. The summed E-state index contributed by atoms with van der Waals surface area (Å²) >= 11 is 0. The van der Waals surface area contributed by atoms with Crippen molar-refractivity contribution in [3.05, 3.63) is 71.3 Å². The number of halogens is 2. The molecule has 2 aromatic rings. The van der Waals surface area contributed by atoms with Crippen LogP contribution in [0, 0.1) is 11.6 Å². The first-order chi connectivity index (χ1) is 14.0. The average molecular weight is 403 g/mol. The third-order valence-electron chi connectivity index (χ3n) is 4.58. The van der Waals surface area contributed by atoms with Gasteiger partial charge in [-0.3, -0.25) is 14.5 Å². The standard InChI is InChI=1S/C21H23F2N3O3/c22-16-6-7-18(19(23)10-16)21(28)25-12-20(27)24-11-17-14-26(8-9-29-17)13-15-4-2-1-3-5-15/h1-7,10,17H,8-9,11-14H2,(H,24,27)(H,25,28). The van der Waals surface area contributed by atoms with Gasteiger partial charge in [0.2, 0.25) is 5.91 Å². The Morgan fingerprint density at radius 1 is 1.10 bits per heavy atom. The molecule has 2 aromatic carbocycles. The van der Waals surface area contributed by atoms with Gasteiger partial charge in [0.25, 0.3) is 5.91 Å². The number of carbonyl (C=O) groups excluding carboxylic acids is 2. The molecule has 1 fully saturated rings. The molecule has 154 valence electrons. The Labute approximate surface area is 167 Å². The molecule has 1 atom stereocenters. The van der Waals surface area contributed by atoms with Gasteiger partial charge in [-0.05, 0) is 17.7 Å². The summed E-state index contributed by atoms with van der Waals surface area (Å²) < 4.78 is 32.2. The summed E-state index contributed by atoms with van der Waals surface area (Å²) in [5.74, 6) is -2.94. The highest BCUT2D eigenvalue weighted by Crippen LogP contribution is 2.10. The lowest BCUT2D eigenvalue weighted by molar-refractivity contribution is -0.121. The molecule has 2 N–H and O–H groups in total. The summed E-state index contributed by atoms with van der Waals surface area (Å²) in [5, 5.41) is 5.03. The maximum absolute atomic E-state index is 13.6. The van der Waals surface area contributed by atoms with Gasteiger partial charge >= 0.3 is 0 Å². The fraction of sp³-hybridized carbons (Fsp3) is 0.333. The summed E-state index contributed by atoms with van der Waals surface area (Å²) in [4.78, 5) is 26.2. The molecule has 0 aromatic heterocycles. The number of rotatable bonds is 7. The molecule has 1 aliphatic rings. The van der Waals surface area contributed by atoms with E-state index in [0.29, 0.717) is 25.8 Å². The van der Waals surface area contributed by atoms with Gasteiger partial charge in [0, 0.05) is 32.2 Å². The number of nitrogens with one attached hydrogen (secondary N) is 2. The molecule has 0 saturated carbocycles. The third kappa shape index (κ3) is 6.33. The minimum absolute atomic E-state index is 0.151. The van der Waals surface area contributed by atoms with Gasteiger partial charge in [-0.15, -0.1) is 0 Å². The van der Waals surface area contributed by atoms with Gasteiger partial charge in [0.15, 0.2) is 0 Å². The highest BCUT2D eigenvalue weighted by atomic mass is 19.1. The second-order valence-corrected chi connectivity index (χ2v) is 6.82. The Morgan fingerprint density at radius 2 is 1.90 bits per heavy atom. The summed E-state index contributed by atoms with van der Waals surface area (Å²) in [6.07, 6.45) is -0.151. The monoisotopic (exact) mass is 403 g/mol. The van der Waals surface area contributed by atoms with E-state index in [0.717, 1.165) is 25.2 Å². The van der Waals surface area contributed by atoms with E-state index in [1.807, 2.05) is 18.2 Å². The normalized spacial score (nSPS) is 17.0. The summed E-state index contributed by atoms with van der Waals surface area (Å²) in [5.41, 5.74) is 0.902. The van der Waals surface area contributed by atoms with Crippen LogP contribution in [-0.4, -0.2) is 55.6 Å². The van der Waals surface area contributed by atoms with Crippen LogP contribution in [0.15, 0.2) is 48.5 Å². The van der Waals surface area contributed by atoms with E-state index in [1.54, 1.807) is 0 Å². The number of morpholine rings is 1. The number of amides is 2. The molecule has 0 aliphatic carbocycles. The quantitative estimate of drug-likeness (QED) is 0.739. The Kier molecular flexibility index (Phi) is 7.26. The Hall–Kier alpha value is -2.84. The Balaban J connectivity index is 1.40. The fourth-order valence-corrected chi connectivity index (χ4v) is 3.11. The molecule has 29 heavy (non-hydrogen) atoms. The maximum Gasteiger partial charge on any atom is 0.254 e. The van der Waals surface area contributed by atoms with Crippen LogP contribution in [0.25, 0.3) is 0 Å². The minimum Gasteiger partial charge on any atom is -0.374 e. The number of carbonyl (C=O) groups is 2. The van der Waals surface area contributed by atoms with Crippen LogP contribution >= 0.6 is 0 Å². The zero-order valence-electron chi connectivity index (χ0n) is 15.9. The van der Waals surface area contributed by atoms with E-state index in [1.165, 1.54) is 5.56 Å². The van der Waals surface area contributed by atoms with Gasteiger partial charge in [-0.2, -0.15) is 0 Å². The lowest BCUT2D eigenvalue weighted by Gasteiger charge is -2.33. The lowest BCUT2D eigenvalue weighted by atomic mass is 10.2. The van der Waals surface area contributed by atoms with Crippen molar-refractivity contribution in [1.82, 2.24) is 15.5 Å². The molecular formula is C21H23F2N3O3. The van der Waals surface area contributed by atoms with Crippen LogP contribution in [0.5, 0.6) is 0 Å². The molecule has 8 heteroatoms. The molecule has 0 radical (unpaired) electrons. The molecule has 1 heterocycles. The van der Waals surface area contributed by atoms with Crippen molar-refractivity contribution in [2.75, 3.05) is 32.8 Å². The largest absolute Gasteiger partial charge is 0.374 e. The number of hydrogen-bond acceptors (Lipinski definition) is 4. The van der Waals surface area contributed by atoms with Crippen LogP contribution in [0.3, 0.4) is 0 Å². The summed E-state index contributed by atoms with van der Waals surface area (Å²) in [6, 6.07) is 12.8. The molecule has 6 nitrogen and oxygen atoms in total. The van der Waals surface area contributed by atoms with Crippen molar-refractivity contribution in [3.8, 4) is 0 Å². The molecule has 0 bridgehead atoms. The van der Waals surface area contributed by atoms with Gasteiger partial charge in [-0.1, -0.05) is 30.3 Å². The van der Waals surface area contributed by atoms with Crippen LogP contribution in [0.4, 0.5) is 8.78 Å². The van der Waals surface area contributed by atoms with E-state index < -0.39 is 23.4 Å². The van der Waals surface area contributed by atoms with Crippen molar-refractivity contribution >= 4 is 11.8 Å². The molecule has 1 saturated heterocycles. The molecule has 1 unspecified atom stereocenters. The smallest absolute Gasteiger partial charge is 0.254 e. The minimum atomic E-state index is -0.975. The summed E-state index contributed by atoms with van der Waals surface area (Å²) in [6.45, 7) is 2.89. The molecular weight excluding hydrogens is 380 g/mol. The Morgan fingerprint density at radius 3 is 2.66 bits per heavy atom. The number of benzene rings is 2. The predicted molar refractivity (Wildman–Crippen MR) is 103 cm³/mol. The molecule has 1 aliphatic heterocycles. The number of hydrogen-bond donors (Lipinski definition) is 2. The van der Waals surface area contributed by atoms with E-state index in [2.05, 4.69) is 27.7 Å². The van der Waals surface area contributed by atoms with Crippen molar-refractivity contribution < 1.29 is 23.1 Å². The van der Waals surface area contributed by atoms with Gasteiger partial charge in [-0.25, -0.2) is 8.78 Å². The van der Waals surface area contributed by atoms with E-state index in [-0.39, 0.29) is 18.2 Å². The molecule has 0 spiro atoms. The van der Waals surface area contributed by atoms with Gasteiger partial charge in [0.05, 0.1) is 24.8 Å². The Bertz CT molecular complexity index is 848. The van der Waals surface area contributed by atoms with E-state index in [9.17, 15) is 18.4 Å². The van der Waals surface area contributed by atoms with E-state index >= 15 is 0 Å². The topological polar surface area (TPSA) is 70.7 Å². The van der Waals surface area contributed by atoms with Gasteiger partial charge in [0.1, 0.15) is 11.6 Å². The third-order valence-corrected chi connectivity index (χ3v) is 4.58. The highest BCUT2D eigenvalue weighted by Gasteiger charge is 2.21.